The van der Waals surface area contributed by atoms with Crippen LogP contribution in [0.2, 0.25) is 0 Å². The second-order valence-corrected chi connectivity index (χ2v) is 5.71. The molecule has 2 heteroatoms. The summed E-state index contributed by atoms with van der Waals surface area (Å²) in [4.78, 5) is 0. The van der Waals surface area contributed by atoms with Crippen molar-refractivity contribution in [2.24, 2.45) is 0 Å². The minimum Gasteiger partial charge on any atom is -0.310 e. The van der Waals surface area contributed by atoms with E-state index in [-0.39, 0.29) is 11.9 Å². The molecule has 0 fully saturated rings. The van der Waals surface area contributed by atoms with E-state index in [1.165, 1.54) is 11.1 Å². The maximum Gasteiger partial charge on any atom is 0.126 e. The quantitative estimate of drug-likeness (QED) is 0.809. The zero-order valence-corrected chi connectivity index (χ0v) is 13.1. The van der Waals surface area contributed by atoms with Gasteiger partial charge >= 0.3 is 0 Å². The summed E-state index contributed by atoms with van der Waals surface area (Å²) in [6.45, 7) is 7.04. The van der Waals surface area contributed by atoms with Crippen LogP contribution in [0.15, 0.2) is 42.5 Å². The maximum absolute atomic E-state index is 13.5. The molecule has 0 spiro atoms. The molecule has 1 nitrogen and oxygen atoms in total. The Kier molecular flexibility index (Phi) is 5.51. The van der Waals surface area contributed by atoms with Gasteiger partial charge in [0.05, 0.1) is 0 Å². The van der Waals surface area contributed by atoms with Gasteiger partial charge in [0.1, 0.15) is 5.82 Å². The van der Waals surface area contributed by atoms with Crippen molar-refractivity contribution in [2.75, 3.05) is 6.54 Å². The van der Waals surface area contributed by atoms with Crippen molar-refractivity contribution in [3.8, 4) is 0 Å². The summed E-state index contributed by atoms with van der Waals surface area (Å²) in [7, 11) is 0. The highest BCUT2D eigenvalue weighted by Gasteiger charge is 2.13. The van der Waals surface area contributed by atoms with Crippen LogP contribution in [-0.2, 0) is 6.42 Å². The van der Waals surface area contributed by atoms with Crippen LogP contribution < -0.4 is 5.32 Å². The number of hydrogen-bond acceptors (Lipinski definition) is 1. The van der Waals surface area contributed by atoms with E-state index in [9.17, 15) is 4.39 Å². The van der Waals surface area contributed by atoms with Gasteiger partial charge in [-0.05, 0) is 56.0 Å². The Bertz CT molecular complexity index is 575. The fourth-order valence-electron chi connectivity index (χ4n) is 2.47. The van der Waals surface area contributed by atoms with Gasteiger partial charge in [-0.15, -0.1) is 0 Å². The molecule has 0 saturated carbocycles. The average Bonchev–Trinajstić information content (AvgIpc) is 2.48. The van der Waals surface area contributed by atoms with Gasteiger partial charge in [-0.1, -0.05) is 48.9 Å². The zero-order chi connectivity index (χ0) is 15.2. The molecule has 2 aromatic rings. The van der Waals surface area contributed by atoms with Crippen molar-refractivity contribution in [2.45, 2.75) is 39.7 Å². The van der Waals surface area contributed by atoms with Crippen molar-refractivity contribution in [1.29, 1.82) is 0 Å². The maximum atomic E-state index is 13.5. The Morgan fingerprint density at radius 1 is 1.05 bits per heavy atom. The first-order valence-corrected chi connectivity index (χ1v) is 7.65. The summed E-state index contributed by atoms with van der Waals surface area (Å²) in [6, 6.07) is 14.3. The molecule has 21 heavy (non-hydrogen) atoms. The predicted octanol–water partition coefficient (Wildman–Crippen LogP) is 4.73. The molecule has 0 saturated heterocycles. The van der Waals surface area contributed by atoms with Gasteiger partial charge in [-0.2, -0.15) is 0 Å². The number of aryl methyl sites for hydroxylation is 2. The molecule has 1 atom stereocenters. The fraction of sp³-hybridized carbons (Fsp3) is 0.368. The van der Waals surface area contributed by atoms with Crippen molar-refractivity contribution >= 4 is 0 Å². The highest BCUT2D eigenvalue weighted by atomic mass is 19.1. The van der Waals surface area contributed by atoms with E-state index in [2.05, 4.69) is 43.4 Å². The summed E-state index contributed by atoms with van der Waals surface area (Å²) in [5, 5.41) is 3.57. The molecule has 0 radical (unpaired) electrons. The smallest absolute Gasteiger partial charge is 0.126 e. The predicted molar refractivity (Wildman–Crippen MR) is 87.1 cm³/mol. The number of nitrogens with one attached hydrogen (secondary N) is 1. The molecule has 0 heterocycles. The molecule has 1 unspecified atom stereocenters. The summed E-state index contributed by atoms with van der Waals surface area (Å²) in [6.07, 6.45) is 2.01. The van der Waals surface area contributed by atoms with Crippen LogP contribution >= 0.6 is 0 Å². The molecule has 1 N–H and O–H groups in total. The second kappa shape index (κ2) is 7.37. The fourth-order valence-corrected chi connectivity index (χ4v) is 2.47. The lowest BCUT2D eigenvalue weighted by atomic mass is 9.97. The van der Waals surface area contributed by atoms with Crippen molar-refractivity contribution in [3.63, 3.8) is 0 Å². The summed E-state index contributed by atoms with van der Waals surface area (Å²) in [5.74, 6) is -0.136. The number of halogens is 1. The molecular weight excluding hydrogens is 261 g/mol. The first kappa shape index (κ1) is 15.7. The highest BCUT2D eigenvalue weighted by molar-refractivity contribution is 5.29. The third kappa shape index (κ3) is 4.40. The van der Waals surface area contributed by atoms with E-state index in [0.29, 0.717) is 5.56 Å². The lowest BCUT2D eigenvalue weighted by Crippen LogP contribution is -2.24. The molecular formula is C19H24FN. The molecule has 0 aliphatic carbocycles. The van der Waals surface area contributed by atoms with E-state index in [4.69, 9.17) is 0 Å². The van der Waals surface area contributed by atoms with Crippen LogP contribution in [0.5, 0.6) is 0 Å². The van der Waals surface area contributed by atoms with E-state index in [1.54, 1.807) is 6.07 Å². The number of rotatable bonds is 6. The molecule has 0 aliphatic rings. The van der Waals surface area contributed by atoms with Gasteiger partial charge in [0.2, 0.25) is 0 Å². The first-order chi connectivity index (χ1) is 10.1. The van der Waals surface area contributed by atoms with E-state index in [0.717, 1.165) is 24.9 Å². The molecule has 0 bridgehead atoms. The topological polar surface area (TPSA) is 12.0 Å². The van der Waals surface area contributed by atoms with Crippen LogP contribution in [-0.4, -0.2) is 6.54 Å². The van der Waals surface area contributed by atoms with Gasteiger partial charge in [-0.25, -0.2) is 4.39 Å². The number of benzene rings is 2. The molecule has 0 aromatic heterocycles. The van der Waals surface area contributed by atoms with Gasteiger partial charge < -0.3 is 5.32 Å². The Morgan fingerprint density at radius 3 is 2.38 bits per heavy atom. The minimum absolute atomic E-state index is 0.136. The Labute approximate surface area is 127 Å². The third-order valence-electron chi connectivity index (χ3n) is 3.79. The van der Waals surface area contributed by atoms with Crippen LogP contribution in [0, 0.1) is 19.7 Å². The average molecular weight is 285 g/mol. The van der Waals surface area contributed by atoms with Gasteiger partial charge in [0.15, 0.2) is 0 Å². The van der Waals surface area contributed by atoms with Gasteiger partial charge in [0, 0.05) is 6.04 Å². The van der Waals surface area contributed by atoms with Crippen LogP contribution in [0.1, 0.15) is 41.6 Å². The molecule has 0 aliphatic heterocycles. The lowest BCUT2D eigenvalue weighted by molar-refractivity contribution is 0.527. The highest BCUT2D eigenvalue weighted by Crippen LogP contribution is 2.21. The van der Waals surface area contributed by atoms with Crippen LogP contribution in [0.3, 0.4) is 0 Å². The monoisotopic (exact) mass is 285 g/mol. The van der Waals surface area contributed by atoms with E-state index >= 15 is 0 Å². The molecule has 0 amide bonds. The van der Waals surface area contributed by atoms with E-state index in [1.807, 2.05) is 19.1 Å². The lowest BCUT2D eigenvalue weighted by Gasteiger charge is -2.20. The zero-order valence-electron chi connectivity index (χ0n) is 13.1. The van der Waals surface area contributed by atoms with Crippen LogP contribution in [0.25, 0.3) is 0 Å². The SMILES string of the molecule is CCCNC(Cc1ccc(C)cc1)c1ccc(F)c(C)c1. The van der Waals surface area contributed by atoms with Crippen molar-refractivity contribution in [1.82, 2.24) is 5.32 Å². The second-order valence-electron chi connectivity index (χ2n) is 5.71. The molecule has 2 rings (SSSR count). The summed E-state index contributed by atoms with van der Waals surface area (Å²) < 4.78 is 13.5. The van der Waals surface area contributed by atoms with E-state index < -0.39 is 0 Å². The largest absolute Gasteiger partial charge is 0.310 e. The Morgan fingerprint density at radius 2 is 1.76 bits per heavy atom. The summed E-state index contributed by atoms with van der Waals surface area (Å²) in [5.41, 5.74) is 4.44. The van der Waals surface area contributed by atoms with Crippen molar-refractivity contribution in [3.05, 3.63) is 70.5 Å². The van der Waals surface area contributed by atoms with Crippen LogP contribution in [0.4, 0.5) is 4.39 Å². The Hall–Kier alpha value is -1.67. The molecule has 112 valence electrons. The van der Waals surface area contributed by atoms with Gasteiger partial charge in [-0.3, -0.25) is 0 Å². The minimum atomic E-state index is -0.136. The normalized spacial score (nSPS) is 12.4. The number of hydrogen-bond donors (Lipinski definition) is 1. The Balaban J connectivity index is 2.20. The first-order valence-electron chi connectivity index (χ1n) is 7.65. The molecule has 2 aromatic carbocycles. The third-order valence-corrected chi connectivity index (χ3v) is 3.79. The van der Waals surface area contributed by atoms with Crippen molar-refractivity contribution < 1.29 is 4.39 Å². The standard InChI is InChI=1S/C19H24FN/c1-4-11-21-19(13-16-7-5-14(2)6-8-16)17-9-10-18(20)15(3)12-17/h5-10,12,19,21H,4,11,13H2,1-3H3. The van der Waals surface area contributed by atoms with Gasteiger partial charge in [0.25, 0.3) is 0 Å². The summed E-state index contributed by atoms with van der Waals surface area (Å²) >= 11 is 0.